The Balaban J connectivity index is 1.52. The molecule has 1 aliphatic rings. The summed E-state index contributed by atoms with van der Waals surface area (Å²) in [5.74, 6) is -0.915. The van der Waals surface area contributed by atoms with Crippen molar-refractivity contribution in [3.8, 4) is 6.07 Å². The fraction of sp³-hybridized carbons (Fsp3) is 0.292. The zero-order valence-corrected chi connectivity index (χ0v) is 18.0. The van der Waals surface area contributed by atoms with Crippen LogP contribution in [0, 0.1) is 36.8 Å². The van der Waals surface area contributed by atoms with Gasteiger partial charge in [-0.1, -0.05) is 0 Å². The number of halogens is 2. The van der Waals surface area contributed by atoms with Crippen LogP contribution in [0.4, 0.5) is 25.1 Å². The molecule has 8 heteroatoms. The molecule has 2 heterocycles. The Bertz CT molecular complexity index is 1240. The first-order valence-electron chi connectivity index (χ1n) is 10.4. The second-order valence-corrected chi connectivity index (χ2v) is 7.98. The maximum Gasteiger partial charge on any atom is 0.321 e. The van der Waals surface area contributed by atoms with E-state index in [2.05, 4.69) is 11.4 Å². The van der Waals surface area contributed by atoms with Gasteiger partial charge in [0, 0.05) is 37.6 Å². The van der Waals surface area contributed by atoms with Crippen molar-refractivity contribution in [1.82, 2.24) is 9.88 Å². The molecule has 0 radical (unpaired) electrons. The predicted octanol–water partition coefficient (Wildman–Crippen LogP) is 4.75. The molecule has 0 unspecified atom stereocenters. The zero-order valence-electron chi connectivity index (χ0n) is 18.0. The fourth-order valence-electron chi connectivity index (χ4n) is 3.87. The van der Waals surface area contributed by atoms with Gasteiger partial charge in [0.2, 0.25) is 0 Å². The molecule has 32 heavy (non-hydrogen) atoms. The summed E-state index contributed by atoms with van der Waals surface area (Å²) in [5, 5.41) is 13.1. The van der Waals surface area contributed by atoms with Crippen molar-refractivity contribution in [1.29, 1.82) is 5.26 Å². The second kappa shape index (κ2) is 8.79. The number of hydrogen-bond donors (Lipinski definition) is 1. The first-order chi connectivity index (χ1) is 15.4. The van der Waals surface area contributed by atoms with Gasteiger partial charge >= 0.3 is 6.03 Å². The van der Waals surface area contributed by atoms with Crippen molar-refractivity contribution in [2.24, 2.45) is 0 Å². The van der Waals surface area contributed by atoms with Crippen LogP contribution in [0.2, 0.25) is 0 Å². The molecule has 1 aliphatic heterocycles. The van der Waals surface area contributed by atoms with Crippen LogP contribution in [0.1, 0.15) is 23.1 Å². The summed E-state index contributed by atoms with van der Waals surface area (Å²) in [6.45, 7) is 6.02. The van der Waals surface area contributed by atoms with Crippen LogP contribution in [-0.4, -0.2) is 42.1 Å². The second-order valence-electron chi connectivity index (χ2n) is 7.98. The highest BCUT2D eigenvalue weighted by molar-refractivity contribution is 5.89. The highest BCUT2D eigenvalue weighted by Gasteiger charge is 2.23. The number of carbonyl (C=O) groups is 1. The van der Waals surface area contributed by atoms with E-state index in [1.165, 1.54) is 6.07 Å². The van der Waals surface area contributed by atoms with E-state index in [1.54, 1.807) is 4.90 Å². The van der Waals surface area contributed by atoms with E-state index in [9.17, 15) is 18.8 Å². The molecule has 1 N–H and O–H groups in total. The topological polar surface area (TPSA) is 72.3 Å². The molecular weight excluding hydrogens is 412 g/mol. The summed E-state index contributed by atoms with van der Waals surface area (Å²) < 4.78 is 27.0. The normalized spacial score (nSPS) is 14.2. The molecule has 0 bridgehead atoms. The lowest BCUT2D eigenvalue weighted by atomic mass is 10.0. The molecule has 0 spiro atoms. The highest BCUT2D eigenvalue weighted by atomic mass is 19.1. The number of rotatable bonds is 2. The molecular formula is C24H23F2N5O. The molecule has 2 aromatic carbocycles. The Morgan fingerprint density at radius 1 is 1.06 bits per heavy atom. The summed E-state index contributed by atoms with van der Waals surface area (Å²) in [7, 11) is 0. The van der Waals surface area contributed by atoms with Crippen molar-refractivity contribution < 1.29 is 13.6 Å². The average Bonchev–Trinajstić information content (AvgIpc) is 3.02. The number of benzene rings is 2. The van der Waals surface area contributed by atoms with Gasteiger partial charge in [0.1, 0.15) is 23.5 Å². The van der Waals surface area contributed by atoms with Crippen LogP contribution in [0.3, 0.4) is 0 Å². The minimum Gasteiger partial charge on any atom is -0.354 e. The van der Waals surface area contributed by atoms with Crippen LogP contribution in [0.25, 0.3) is 10.9 Å². The third-order valence-corrected chi connectivity index (χ3v) is 5.79. The van der Waals surface area contributed by atoms with E-state index in [1.807, 2.05) is 36.9 Å². The third kappa shape index (κ3) is 4.33. The van der Waals surface area contributed by atoms with Crippen LogP contribution in [0.5, 0.6) is 0 Å². The van der Waals surface area contributed by atoms with E-state index in [4.69, 9.17) is 4.98 Å². The molecule has 1 saturated heterocycles. The Morgan fingerprint density at radius 2 is 1.84 bits per heavy atom. The van der Waals surface area contributed by atoms with Crippen molar-refractivity contribution in [3.05, 3.63) is 64.7 Å². The third-order valence-electron chi connectivity index (χ3n) is 5.79. The number of fused-ring (bicyclic) bond motifs is 1. The number of carbonyl (C=O) groups excluding carboxylic acids is 1. The summed E-state index contributed by atoms with van der Waals surface area (Å²) in [5.41, 5.74) is 3.53. The molecule has 6 nitrogen and oxygen atoms in total. The first kappa shape index (κ1) is 21.5. The van der Waals surface area contributed by atoms with E-state index in [-0.39, 0.29) is 5.69 Å². The predicted molar refractivity (Wildman–Crippen MR) is 120 cm³/mol. The van der Waals surface area contributed by atoms with Gasteiger partial charge in [0.15, 0.2) is 0 Å². The largest absolute Gasteiger partial charge is 0.354 e. The number of aryl methyl sites for hydroxylation is 2. The van der Waals surface area contributed by atoms with Gasteiger partial charge in [-0.2, -0.15) is 5.26 Å². The van der Waals surface area contributed by atoms with Crippen LogP contribution >= 0.6 is 0 Å². The fourth-order valence-corrected chi connectivity index (χ4v) is 3.87. The number of urea groups is 1. The van der Waals surface area contributed by atoms with Gasteiger partial charge < -0.3 is 15.1 Å². The lowest BCUT2D eigenvalue weighted by molar-refractivity contribution is 0.215. The molecule has 4 rings (SSSR count). The van der Waals surface area contributed by atoms with Crippen molar-refractivity contribution in [2.75, 3.05) is 36.4 Å². The number of nitriles is 1. The lowest BCUT2D eigenvalue weighted by Crippen LogP contribution is -2.38. The maximum absolute atomic E-state index is 13.9. The van der Waals surface area contributed by atoms with Crippen LogP contribution in [0.15, 0.2) is 36.4 Å². The quantitative estimate of drug-likeness (QED) is 0.631. The standard InChI is InChI=1S/C24H23F2N5O/c1-15-10-17-12-18(14-27)23(28-22(17)11-16(15)2)30-6-3-7-31(9-8-30)24(32)29-21-5-4-19(25)13-20(21)26/h4-5,10-13H,3,6-9H2,1-2H3,(H,29,32). The maximum atomic E-state index is 13.9. The number of amides is 2. The SMILES string of the molecule is Cc1cc2cc(C#N)c(N3CCCN(C(=O)Nc4ccc(F)cc4F)CC3)nc2cc1C. The van der Waals surface area contributed by atoms with E-state index in [0.29, 0.717) is 44.0 Å². The Kier molecular flexibility index (Phi) is 5.91. The zero-order chi connectivity index (χ0) is 22.8. The van der Waals surface area contributed by atoms with Crippen molar-refractivity contribution in [3.63, 3.8) is 0 Å². The van der Waals surface area contributed by atoms with Crippen molar-refractivity contribution >= 4 is 28.4 Å². The van der Waals surface area contributed by atoms with Crippen LogP contribution in [-0.2, 0) is 0 Å². The number of aromatic nitrogens is 1. The van der Waals surface area contributed by atoms with Crippen LogP contribution < -0.4 is 10.2 Å². The lowest BCUT2D eigenvalue weighted by Gasteiger charge is -2.24. The summed E-state index contributed by atoms with van der Waals surface area (Å²) >= 11 is 0. The molecule has 2 amide bonds. The van der Waals surface area contributed by atoms with E-state index >= 15 is 0 Å². The minimum atomic E-state index is -0.820. The van der Waals surface area contributed by atoms with Gasteiger partial charge in [-0.3, -0.25) is 0 Å². The monoisotopic (exact) mass is 435 g/mol. The number of pyridine rings is 1. The smallest absolute Gasteiger partial charge is 0.321 e. The molecule has 3 aromatic rings. The summed E-state index contributed by atoms with van der Waals surface area (Å²) in [6, 6.07) is 10.7. The average molecular weight is 435 g/mol. The molecule has 0 saturated carbocycles. The molecule has 0 aliphatic carbocycles. The van der Waals surface area contributed by atoms with E-state index < -0.39 is 17.7 Å². The Labute approximate surface area is 185 Å². The molecule has 1 fully saturated rings. The summed E-state index contributed by atoms with van der Waals surface area (Å²) in [6.07, 6.45) is 0.664. The Morgan fingerprint density at radius 3 is 2.59 bits per heavy atom. The van der Waals surface area contributed by atoms with Gasteiger partial charge in [-0.05, 0) is 61.7 Å². The molecule has 0 atom stereocenters. The summed E-state index contributed by atoms with van der Waals surface area (Å²) in [4.78, 5) is 21.0. The number of anilines is 2. The van der Waals surface area contributed by atoms with Gasteiger partial charge in [0.25, 0.3) is 0 Å². The first-order valence-corrected chi connectivity index (χ1v) is 10.4. The number of hydrogen-bond acceptors (Lipinski definition) is 4. The number of nitrogens with one attached hydrogen (secondary N) is 1. The van der Waals surface area contributed by atoms with Gasteiger partial charge in [-0.15, -0.1) is 0 Å². The Hall–Kier alpha value is -3.73. The molecule has 1 aromatic heterocycles. The number of nitrogens with zero attached hydrogens (tertiary/aromatic N) is 4. The minimum absolute atomic E-state index is 0.0638. The van der Waals surface area contributed by atoms with Gasteiger partial charge in [-0.25, -0.2) is 18.6 Å². The molecule has 164 valence electrons. The highest BCUT2D eigenvalue weighted by Crippen LogP contribution is 2.26. The van der Waals surface area contributed by atoms with Gasteiger partial charge in [0.05, 0.1) is 16.8 Å². The van der Waals surface area contributed by atoms with E-state index in [0.717, 1.165) is 34.2 Å². The van der Waals surface area contributed by atoms with Crippen molar-refractivity contribution in [2.45, 2.75) is 20.3 Å².